The van der Waals surface area contributed by atoms with Crippen LogP contribution in [0.2, 0.25) is 0 Å². The number of amides is 1. The minimum atomic E-state index is -0.0994. The Hall–Kier alpha value is -1.81. The SMILES string of the molecule is Cc1cc(N2CCCC2)ccc1NC(=O)C1C=CC(N)C1. The van der Waals surface area contributed by atoms with E-state index < -0.39 is 0 Å². The molecule has 0 aromatic heterocycles. The van der Waals surface area contributed by atoms with Gasteiger partial charge < -0.3 is 16.0 Å². The highest BCUT2D eigenvalue weighted by Gasteiger charge is 2.23. The van der Waals surface area contributed by atoms with E-state index in [4.69, 9.17) is 5.73 Å². The molecule has 4 nitrogen and oxygen atoms in total. The van der Waals surface area contributed by atoms with E-state index in [0.29, 0.717) is 6.42 Å². The van der Waals surface area contributed by atoms with Crippen molar-refractivity contribution >= 4 is 17.3 Å². The van der Waals surface area contributed by atoms with Crippen LogP contribution in [0.3, 0.4) is 0 Å². The van der Waals surface area contributed by atoms with Crippen molar-refractivity contribution in [2.75, 3.05) is 23.3 Å². The van der Waals surface area contributed by atoms with Gasteiger partial charge in [-0.1, -0.05) is 12.2 Å². The highest BCUT2D eigenvalue weighted by atomic mass is 16.1. The zero-order chi connectivity index (χ0) is 14.8. The average molecular weight is 285 g/mol. The van der Waals surface area contributed by atoms with Crippen molar-refractivity contribution in [2.45, 2.75) is 32.2 Å². The average Bonchev–Trinajstić information content (AvgIpc) is 3.12. The van der Waals surface area contributed by atoms with Crippen molar-refractivity contribution in [2.24, 2.45) is 11.7 Å². The number of carbonyl (C=O) groups is 1. The number of nitrogens with zero attached hydrogens (tertiary/aromatic N) is 1. The zero-order valence-electron chi connectivity index (χ0n) is 12.5. The van der Waals surface area contributed by atoms with Crippen molar-refractivity contribution in [3.63, 3.8) is 0 Å². The molecule has 2 atom stereocenters. The molecule has 0 spiro atoms. The Morgan fingerprint density at radius 1 is 1.29 bits per heavy atom. The van der Waals surface area contributed by atoms with Gasteiger partial charge in [0.15, 0.2) is 0 Å². The summed E-state index contributed by atoms with van der Waals surface area (Å²) in [5, 5.41) is 3.03. The number of nitrogens with one attached hydrogen (secondary N) is 1. The van der Waals surface area contributed by atoms with Gasteiger partial charge in [-0.25, -0.2) is 0 Å². The fourth-order valence-electron chi connectivity index (χ4n) is 3.11. The van der Waals surface area contributed by atoms with Crippen LogP contribution >= 0.6 is 0 Å². The van der Waals surface area contributed by atoms with Gasteiger partial charge in [0.05, 0.1) is 5.92 Å². The van der Waals surface area contributed by atoms with E-state index in [1.54, 1.807) is 0 Å². The molecule has 1 aliphatic heterocycles. The largest absolute Gasteiger partial charge is 0.372 e. The van der Waals surface area contributed by atoms with Crippen LogP contribution in [0, 0.1) is 12.8 Å². The monoisotopic (exact) mass is 285 g/mol. The molecule has 112 valence electrons. The van der Waals surface area contributed by atoms with Crippen molar-refractivity contribution in [1.82, 2.24) is 0 Å². The van der Waals surface area contributed by atoms with E-state index in [9.17, 15) is 4.79 Å². The number of carbonyl (C=O) groups excluding carboxylic acids is 1. The van der Waals surface area contributed by atoms with Crippen LogP contribution < -0.4 is 16.0 Å². The molecule has 2 unspecified atom stereocenters. The summed E-state index contributed by atoms with van der Waals surface area (Å²) in [5.41, 5.74) is 9.07. The second kappa shape index (κ2) is 5.90. The van der Waals surface area contributed by atoms with Crippen LogP contribution in [0.1, 0.15) is 24.8 Å². The molecular weight excluding hydrogens is 262 g/mol. The number of hydrogen-bond donors (Lipinski definition) is 2. The molecule has 1 saturated heterocycles. The summed E-state index contributed by atoms with van der Waals surface area (Å²) >= 11 is 0. The first-order chi connectivity index (χ1) is 10.1. The lowest BCUT2D eigenvalue weighted by atomic mass is 10.1. The molecule has 3 N–H and O–H groups in total. The van der Waals surface area contributed by atoms with Gasteiger partial charge in [-0.05, 0) is 49.9 Å². The predicted molar refractivity (Wildman–Crippen MR) is 86.5 cm³/mol. The molecule has 1 heterocycles. The van der Waals surface area contributed by atoms with E-state index in [2.05, 4.69) is 22.3 Å². The Morgan fingerprint density at radius 3 is 2.67 bits per heavy atom. The molecule has 1 amide bonds. The molecule has 0 bridgehead atoms. The van der Waals surface area contributed by atoms with Gasteiger partial charge in [-0.15, -0.1) is 0 Å². The van der Waals surface area contributed by atoms with Gasteiger partial charge in [0.2, 0.25) is 5.91 Å². The summed E-state index contributed by atoms with van der Waals surface area (Å²) in [6, 6.07) is 6.29. The van der Waals surface area contributed by atoms with Gasteiger partial charge in [0, 0.05) is 30.5 Å². The zero-order valence-corrected chi connectivity index (χ0v) is 12.5. The Balaban J connectivity index is 1.68. The Bertz CT molecular complexity index is 561. The molecule has 1 fully saturated rings. The number of rotatable bonds is 3. The first kappa shape index (κ1) is 14.1. The van der Waals surface area contributed by atoms with Gasteiger partial charge in [0.25, 0.3) is 0 Å². The summed E-state index contributed by atoms with van der Waals surface area (Å²) in [6.07, 6.45) is 7.07. The summed E-state index contributed by atoms with van der Waals surface area (Å²) in [6.45, 7) is 4.32. The van der Waals surface area contributed by atoms with E-state index in [0.717, 1.165) is 24.3 Å². The van der Waals surface area contributed by atoms with Crippen LogP contribution in [0.5, 0.6) is 0 Å². The van der Waals surface area contributed by atoms with Crippen molar-refractivity contribution in [3.8, 4) is 0 Å². The van der Waals surface area contributed by atoms with Crippen LogP contribution in [0.15, 0.2) is 30.4 Å². The number of hydrogen-bond acceptors (Lipinski definition) is 3. The maximum Gasteiger partial charge on any atom is 0.231 e. The third kappa shape index (κ3) is 3.10. The van der Waals surface area contributed by atoms with Gasteiger partial charge in [-0.3, -0.25) is 4.79 Å². The van der Waals surface area contributed by atoms with Crippen LogP contribution in [-0.2, 0) is 4.79 Å². The topological polar surface area (TPSA) is 58.4 Å². The number of benzene rings is 1. The first-order valence-corrected chi connectivity index (χ1v) is 7.74. The molecule has 3 rings (SSSR count). The van der Waals surface area contributed by atoms with Gasteiger partial charge in [-0.2, -0.15) is 0 Å². The smallest absolute Gasteiger partial charge is 0.231 e. The van der Waals surface area contributed by atoms with Crippen LogP contribution in [0.25, 0.3) is 0 Å². The fourth-order valence-corrected chi connectivity index (χ4v) is 3.11. The maximum atomic E-state index is 12.2. The molecule has 4 heteroatoms. The summed E-state index contributed by atoms with van der Waals surface area (Å²) in [4.78, 5) is 14.6. The minimum absolute atomic E-state index is 0.0133. The first-order valence-electron chi connectivity index (χ1n) is 7.74. The highest BCUT2D eigenvalue weighted by Crippen LogP contribution is 2.26. The van der Waals surface area contributed by atoms with Crippen LogP contribution in [0.4, 0.5) is 11.4 Å². The summed E-state index contributed by atoms with van der Waals surface area (Å²) < 4.78 is 0. The maximum absolute atomic E-state index is 12.2. The second-order valence-corrected chi connectivity index (χ2v) is 6.07. The molecule has 1 aromatic rings. The van der Waals surface area contributed by atoms with E-state index in [1.165, 1.54) is 18.5 Å². The Morgan fingerprint density at radius 2 is 2.05 bits per heavy atom. The Kier molecular flexibility index (Phi) is 3.97. The van der Waals surface area contributed by atoms with Crippen LogP contribution in [-0.4, -0.2) is 25.0 Å². The Labute approximate surface area is 126 Å². The molecule has 1 aliphatic carbocycles. The minimum Gasteiger partial charge on any atom is -0.372 e. The lowest BCUT2D eigenvalue weighted by Gasteiger charge is -2.20. The van der Waals surface area contributed by atoms with E-state index in [1.807, 2.05) is 25.1 Å². The molecular formula is C17H23N3O. The van der Waals surface area contributed by atoms with Crippen molar-refractivity contribution < 1.29 is 4.79 Å². The normalized spacial score (nSPS) is 24.6. The quantitative estimate of drug-likeness (QED) is 0.839. The highest BCUT2D eigenvalue weighted by molar-refractivity contribution is 5.95. The van der Waals surface area contributed by atoms with Gasteiger partial charge >= 0.3 is 0 Å². The molecule has 0 saturated carbocycles. The summed E-state index contributed by atoms with van der Waals surface area (Å²) in [5.74, 6) is -0.0612. The molecule has 21 heavy (non-hydrogen) atoms. The molecule has 2 aliphatic rings. The predicted octanol–water partition coefficient (Wildman–Crippen LogP) is 2.44. The molecule has 1 aromatic carbocycles. The summed E-state index contributed by atoms with van der Waals surface area (Å²) in [7, 11) is 0. The van der Waals surface area contributed by atoms with Crippen molar-refractivity contribution in [3.05, 3.63) is 35.9 Å². The third-order valence-electron chi connectivity index (χ3n) is 4.39. The lowest BCUT2D eigenvalue weighted by Crippen LogP contribution is -2.24. The lowest BCUT2D eigenvalue weighted by molar-refractivity contribution is -0.118. The van der Waals surface area contributed by atoms with E-state index >= 15 is 0 Å². The van der Waals surface area contributed by atoms with E-state index in [-0.39, 0.29) is 17.9 Å². The second-order valence-electron chi connectivity index (χ2n) is 6.07. The number of nitrogens with two attached hydrogens (primary N) is 1. The third-order valence-corrected chi connectivity index (χ3v) is 4.39. The fraction of sp³-hybridized carbons (Fsp3) is 0.471. The van der Waals surface area contributed by atoms with Gasteiger partial charge in [0.1, 0.15) is 0 Å². The molecule has 0 radical (unpaired) electrons. The standard InChI is InChI=1S/C17H23N3O/c1-12-10-15(20-8-2-3-9-20)6-7-16(12)19-17(21)13-4-5-14(18)11-13/h4-7,10,13-14H,2-3,8-9,11,18H2,1H3,(H,19,21). The number of anilines is 2. The van der Waals surface area contributed by atoms with Crippen molar-refractivity contribution in [1.29, 1.82) is 0 Å². The number of aryl methyl sites for hydroxylation is 1.